The van der Waals surface area contributed by atoms with E-state index < -0.39 is 0 Å². The summed E-state index contributed by atoms with van der Waals surface area (Å²) in [4.78, 5) is 9.33. The fraction of sp³-hybridized carbons (Fsp3) is 0.588. The van der Waals surface area contributed by atoms with Crippen LogP contribution in [-0.4, -0.2) is 47.2 Å². The summed E-state index contributed by atoms with van der Waals surface area (Å²) in [6.07, 6.45) is 3.88. The van der Waals surface area contributed by atoms with Crippen molar-refractivity contribution in [2.24, 2.45) is 9.98 Å². The number of hydrogen-bond donors (Lipinski definition) is 2. The van der Waals surface area contributed by atoms with Crippen molar-refractivity contribution in [3.8, 4) is 11.5 Å². The fourth-order valence-electron chi connectivity index (χ4n) is 4.39. The van der Waals surface area contributed by atoms with Gasteiger partial charge in [-0.1, -0.05) is 105 Å². The molecule has 0 radical (unpaired) electrons. The number of nitrogens with zero attached hydrogens (tertiary/aromatic N) is 2. The van der Waals surface area contributed by atoms with Gasteiger partial charge < -0.3 is 10.2 Å². The summed E-state index contributed by atoms with van der Waals surface area (Å²) in [6, 6.07) is 8.27. The molecule has 0 aliphatic rings. The van der Waals surface area contributed by atoms with Gasteiger partial charge in [-0.15, -0.1) is 0 Å². The van der Waals surface area contributed by atoms with Gasteiger partial charge in [0.15, 0.2) is 0 Å². The molecular formula is C34H52N2O2S2. The lowest BCUT2D eigenvalue weighted by atomic mass is 9.78. The molecule has 2 aromatic carbocycles. The lowest BCUT2D eigenvalue weighted by molar-refractivity contribution is 0.422. The monoisotopic (exact) mass is 584 g/mol. The number of aliphatic imine (C=N–C) groups is 2. The molecular weight excluding hydrogens is 533 g/mol. The topological polar surface area (TPSA) is 65.2 Å². The van der Waals surface area contributed by atoms with Crippen LogP contribution in [0.1, 0.15) is 116 Å². The molecule has 2 N–H and O–H groups in total. The van der Waals surface area contributed by atoms with E-state index in [4.69, 9.17) is 0 Å². The molecule has 0 aliphatic heterocycles. The number of aromatic hydroxyl groups is 2. The first-order chi connectivity index (χ1) is 18.2. The van der Waals surface area contributed by atoms with Crippen LogP contribution < -0.4 is 0 Å². The summed E-state index contributed by atoms with van der Waals surface area (Å²) >= 11 is 0. The van der Waals surface area contributed by atoms with Crippen LogP contribution in [0.15, 0.2) is 34.3 Å². The minimum atomic E-state index is -0.144. The molecule has 0 atom stereocenters. The van der Waals surface area contributed by atoms with Crippen LogP contribution >= 0.6 is 21.6 Å². The van der Waals surface area contributed by atoms with E-state index in [-0.39, 0.29) is 21.7 Å². The van der Waals surface area contributed by atoms with Gasteiger partial charge in [-0.3, -0.25) is 9.98 Å². The van der Waals surface area contributed by atoms with E-state index in [0.29, 0.717) is 11.5 Å². The third kappa shape index (κ3) is 9.87. The zero-order chi connectivity index (χ0) is 30.5. The minimum Gasteiger partial charge on any atom is -0.507 e. The second-order valence-corrected chi connectivity index (χ2v) is 17.3. The average Bonchev–Trinajstić information content (AvgIpc) is 2.78. The molecule has 0 saturated heterocycles. The quantitative estimate of drug-likeness (QED) is 0.175. The molecule has 0 heterocycles. The molecule has 0 saturated carbocycles. The number of phenolic OH excluding ortho intramolecular Hbond substituents is 2. The predicted octanol–water partition coefficient (Wildman–Crippen LogP) is 9.21. The van der Waals surface area contributed by atoms with Crippen molar-refractivity contribution in [3.05, 3.63) is 57.6 Å². The van der Waals surface area contributed by atoms with Crippen LogP contribution in [0.2, 0.25) is 0 Å². The highest BCUT2D eigenvalue weighted by molar-refractivity contribution is 8.76. The van der Waals surface area contributed by atoms with Gasteiger partial charge in [0.1, 0.15) is 11.5 Å². The van der Waals surface area contributed by atoms with Gasteiger partial charge in [-0.25, -0.2) is 0 Å². The molecule has 0 unspecified atom stereocenters. The van der Waals surface area contributed by atoms with Gasteiger partial charge in [0, 0.05) is 59.3 Å². The van der Waals surface area contributed by atoms with E-state index in [0.717, 1.165) is 58.0 Å². The standard InChI is InChI=1S/C34H52N2O2S2/c1-31(2,3)25-17-23(18-26(29(25)37)32(4,5)6)21-35-13-15-39-40-16-14-36-22-24-19-27(33(7,8)9)30(38)28(20-24)34(10,11)12/h17-22,37-38H,13-16H2,1-12H3. The molecule has 2 aromatic rings. The summed E-state index contributed by atoms with van der Waals surface area (Å²) in [5, 5.41) is 21.8. The smallest absolute Gasteiger partial charge is 0.123 e. The second-order valence-electron chi connectivity index (χ2n) is 14.6. The highest BCUT2D eigenvalue weighted by Crippen LogP contribution is 2.40. The Hall–Kier alpha value is -1.92. The first-order valence-corrected chi connectivity index (χ1v) is 16.7. The maximum Gasteiger partial charge on any atom is 0.123 e. The van der Waals surface area contributed by atoms with Crippen molar-refractivity contribution in [2.45, 2.75) is 105 Å². The summed E-state index contributed by atoms with van der Waals surface area (Å²) < 4.78 is 0. The molecule has 0 amide bonds. The Morgan fingerprint density at radius 3 is 1.00 bits per heavy atom. The molecule has 2 rings (SSSR count). The van der Waals surface area contributed by atoms with E-state index >= 15 is 0 Å². The van der Waals surface area contributed by atoms with E-state index in [1.54, 1.807) is 0 Å². The van der Waals surface area contributed by atoms with E-state index in [1.165, 1.54) is 0 Å². The van der Waals surface area contributed by atoms with Crippen LogP contribution in [0.25, 0.3) is 0 Å². The van der Waals surface area contributed by atoms with Crippen molar-refractivity contribution >= 4 is 34.0 Å². The summed E-state index contributed by atoms with van der Waals surface area (Å²) in [5.74, 6) is 2.68. The molecule has 0 aliphatic carbocycles. The largest absolute Gasteiger partial charge is 0.507 e. The fourth-order valence-corrected chi connectivity index (χ4v) is 6.14. The maximum absolute atomic E-state index is 10.9. The van der Waals surface area contributed by atoms with Crippen LogP contribution in [0.3, 0.4) is 0 Å². The van der Waals surface area contributed by atoms with Crippen LogP contribution in [0.5, 0.6) is 11.5 Å². The number of rotatable bonds is 9. The maximum atomic E-state index is 10.9. The van der Waals surface area contributed by atoms with Crippen molar-refractivity contribution in [1.29, 1.82) is 0 Å². The highest BCUT2D eigenvalue weighted by atomic mass is 33.1. The predicted molar refractivity (Wildman–Crippen MR) is 181 cm³/mol. The Labute approximate surface area is 252 Å². The van der Waals surface area contributed by atoms with Crippen molar-refractivity contribution in [2.75, 3.05) is 24.6 Å². The average molecular weight is 585 g/mol. The van der Waals surface area contributed by atoms with Gasteiger partial charge in [-0.2, -0.15) is 0 Å². The first kappa shape index (κ1) is 34.3. The van der Waals surface area contributed by atoms with Gasteiger partial charge in [-0.05, 0) is 57.1 Å². The van der Waals surface area contributed by atoms with Crippen molar-refractivity contribution in [1.82, 2.24) is 0 Å². The molecule has 6 heteroatoms. The van der Waals surface area contributed by atoms with Gasteiger partial charge >= 0.3 is 0 Å². The van der Waals surface area contributed by atoms with Gasteiger partial charge in [0.25, 0.3) is 0 Å². The second kappa shape index (κ2) is 13.4. The highest BCUT2D eigenvalue weighted by Gasteiger charge is 2.27. The zero-order valence-electron chi connectivity index (χ0n) is 26.9. The Kier molecular flexibility index (Phi) is 11.5. The molecule has 0 spiro atoms. The molecule has 4 nitrogen and oxygen atoms in total. The van der Waals surface area contributed by atoms with Crippen LogP contribution in [0.4, 0.5) is 0 Å². The molecule has 0 bridgehead atoms. The van der Waals surface area contributed by atoms with Crippen LogP contribution in [0, 0.1) is 0 Å². The van der Waals surface area contributed by atoms with E-state index in [2.05, 4.69) is 117 Å². The minimum absolute atomic E-state index is 0.144. The van der Waals surface area contributed by atoms with Gasteiger partial charge in [0.05, 0.1) is 0 Å². The number of hydrogen-bond acceptors (Lipinski definition) is 6. The number of benzene rings is 2. The SMILES string of the molecule is CC(C)(C)c1cc(C=NCCSSCCN=Cc2cc(C(C)(C)C)c(O)c(C(C)(C)C)c2)cc(C(C)(C)C)c1O. The summed E-state index contributed by atoms with van der Waals surface area (Å²) in [5.41, 5.74) is 5.35. The molecule has 0 fully saturated rings. The molecule has 222 valence electrons. The van der Waals surface area contributed by atoms with Crippen LogP contribution in [-0.2, 0) is 21.7 Å². The first-order valence-electron chi connectivity index (χ1n) is 14.2. The summed E-state index contributed by atoms with van der Waals surface area (Å²) in [6.45, 7) is 27.0. The lowest BCUT2D eigenvalue weighted by Crippen LogP contribution is -2.18. The Morgan fingerprint density at radius 2 is 0.775 bits per heavy atom. The van der Waals surface area contributed by atoms with Crippen molar-refractivity contribution in [3.63, 3.8) is 0 Å². The molecule has 0 aromatic heterocycles. The van der Waals surface area contributed by atoms with E-state index in [9.17, 15) is 10.2 Å². The van der Waals surface area contributed by atoms with E-state index in [1.807, 2.05) is 34.0 Å². The van der Waals surface area contributed by atoms with Crippen molar-refractivity contribution < 1.29 is 10.2 Å². The Morgan fingerprint density at radius 1 is 0.525 bits per heavy atom. The summed E-state index contributed by atoms with van der Waals surface area (Å²) in [7, 11) is 3.64. The normalized spacial score (nSPS) is 13.6. The molecule has 40 heavy (non-hydrogen) atoms. The Bertz CT molecular complexity index is 1040. The lowest BCUT2D eigenvalue weighted by Gasteiger charge is -2.27. The third-order valence-corrected chi connectivity index (χ3v) is 9.03. The Balaban J connectivity index is 1.91. The zero-order valence-corrected chi connectivity index (χ0v) is 28.5. The third-order valence-electron chi connectivity index (χ3n) is 6.67. The van der Waals surface area contributed by atoms with Gasteiger partial charge in [0.2, 0.25) is 0 Å². The number of phenols is 2.